The van der Waals surface area contributed by atoms with Crippen LogP contribution in [-0.2, 0) is 0 Å². The van der Waals surface area contributed by atoms with Crippen molar-refractivity contribution in [3.8, 4) is 5.13 Å². The number of thiazole rings is 2. The summed E-state index contributed by atoms with van der Waals surface area (Å²) in [6, 6.07) is 10.0. The molecule has 1 amide bonds. The van der Waals surface area contributed by atoms with Crippen LogP contribution in [0.3, 0.4) is 0 Å². The topological polar surface area (TPSA) is 59.8 Å². The summed E-state index contributed by atoms with van der Waals surface area (Å²) < 4.78 is 3.20. The van der Waals surface area contributed by atoms with E-state index in [2.05, 4.69) is 28.3 Å². The molecule has 7 heteroatoms. The molecule has 1 aromatic carbocycles. The molecule has 0 aliphatic heterocycles. The van der Waals surface area contributed by atoms with Gasteiger partial charge >= 0.3 is 0 Å². The number of nitrogens with one attached hydrogen (secondary N) is 1. The third-order valence-electron chi connectivity index (χ3n) is 4.59. The van der Waals surface area contributed by atoms with Crippen molar-refractivity contribution in [2.75, 3.05) is 6.54 Å². The van der Waals surface area contributed by atoms with Gasteiger partial charge < -0.3 is 5.32 Å². The Labute approximate surface area is 165 Å². The van der Waals surface area contributed by atoms with Crippen LogP contribution in [0.15, 0.2) is 41.9 Å². The molecule has 0 spiro atoms. The molecule has 0 radical (unpaired) electrons. The predicted octanol–water partition coefficient (Wildman–Crippen LogP) is 4.69. The molecule has 0 aliphatic carbocycles. The summed E-state index contributed by atoms with van der Waals surface area (Å²) in [5.41, 5.74) is 3.63. The van der Waals surface area contributed by atoms with Gasteiger partial charge in [-0.25, -0.2) is 9.97 Å². The molecule has 1 unspecified atom stereocenters. The van der Waals surface area contributed by atoms with Crippen molar-refractivity contribution in [3.05, 3.63) is 63.9 Å². The Morgan fingerprint density at radius 1 is 1.30 bits per heavy atom. The van der Waals surface area contributed by atoms with E-state index in [-0.39, 0.29) is 11.8 Å². The first-order valence-electron chi connectivity index (χ1n) is 8.77. The van der Waals surface area contributed by atoms with Crippen molar-refractivity contribution in [3.63, 3.8) is 0 Å². The summed E-state index contributed by atoms with van der Waals surface area (Å²) in [4.78, 5) is 21.8. The van der Waals surface area contributed by atoms with Crippen molar-refractivity contribution >= 4 is 38.8 Å². The number of hydrogen-bond acceptors (Lipinski definition) is 5. The average molecular weight is 397 g/mol. The Kier molecular flexibility index (Phi) is 4.80. The molecule has 1 N–H and O–H groups in total. The number of carbonyl (C=O) groups is 1. The summed E-state index contributed by atoms with van der Waals surface area (Å²) in [6.07, 6.45) is 1.78. The fourth-order valence-corrected chi connectivity index (χ4v) is 4.91. The first kappa shape index (κ1) is 17.9. The molecule has 4 rings (SSSR count). The second-order valence-corrected chi connectivity index (χ2v) is 8.50. The second-order valence-electron chi connectivity index (χ2n) is 6.57. The third-order valence-corrected chi connectivity index (χ3v) is 6.61. The summed E-state index contributed by atoms with van der Waals surface area (Å²) >= 11 is 3.25. The monoisotopic (exact) mass is 396 g/mol. The van der Waals surface area contributed by atoms with Crippen LogP contribution in [-0.4, -0.2) is 27.0 Å². The van der Waals surface area contributed by atoms with Crippen LogP contribution in [0, 0.1) is 13.8 Å². The van der Waals surface area contributed by atoms with Gasteiger partial charge in [0.25, 0.3) is 5.91 Å². The zero-order valence-corrected chi connectivity index (χ0v) is 17.0. The highest BCUT2D eigenvalue weighted by atomic mass is 32.1. The van der Waals surface area contributed by atoms with Crippen LogP contribution in [0.2, 0.25) is 0 Å². The SMILES string of the molecule is Cc1cc(C(=O)NCC(C)c2nc3ccccc3s2)c(C)n1-c1nccs1. The lowest BCUT2D eigenvalue weighted by molar-refractivity contribution is 0.0951. The molecule has 0 bridgehead atoms. The summed E-state index contributed by atoms with van der Waals surface area (Å²) in [5.74, 6) is 0.104. The van der Waals surface area contributed by atoms with Crippen LogP contribution < -0.4 is 5.32 Å². The van der Waals surface area contributed by atoms with Gasteiger partial charge in [-0.15, -0.1) is 22.7 Å². The number of hydrogen-bond donors (Lipinski definition) is 1. The van der Waals surface area contributed by atoms with Crippen molar-refractivity contribution in [1.82, 2.24) is 19.9 Å². The van der Waals surface area contributed by atoms with Gasteiger partial charge in [0.05, 0.1) is 20.8 Å². The number of carbonyl (C=O) groups excluding carboxylic acids is 1. The number of aryl methyl sites for hydroxylation is 1. The quantitative estimate of drug-likeness (QED) is 0.532. The van der Waals surface area contributed by atoms with Gasteiger partial charge in [-0.1, -0.05) is 19.1 Å². The van der Waals surface area contributed by atoms with E-state index < -0.39 is 0 Å². The fourth-order valence-electron chi connectivity index (χ4n) is 3.14. The van der Waals surface area contributed by atoms with Gasteiger partial charge in [0.2, 0.25) is 0 Å². The number of rotatable bonds is 5. The molecule has 3 aromatic heterocycles. The van der Waals surface area contributed by atoms with Crippen molar-refractivity contribution in [2.24, 2.45) is 0 Å². The highest BCUT2D eigenvalue weighted by molar-refractivity contribution is 7.18. The third kappa shape index (κ3) is 3.40. The largest absolute Gasteiger partial charge is 0.351 e. The molecule has 0 saturated carbocycles. The number of fused-ring (bicyclic) bond motifs is 1. The van der Waals surface area contributed by atoms with Crippen LogP contribution in [0.25, 0.3) is 15.3 Å². The molecule has 0 aliphatic rings. The zero-order chi connectivity index (χ0) is 19.0. The minimum atomic E-state index is -0.0566. The maximum absolute atomic E-state index is 12.8. The number of benzene rings is 1. The van der Waals surface area contributed by atoms with E-state index in [1.807, 2.05) is 48.1 Å². The summed E-state index contributed by atoms with van der Waals surface area (Å²) in [6.45, 7) is 6.60. The maximum Gasteiger partial charge on any atom is 0.253 e. The van der Waals surface area contributed by atoms with E-state index in [0.717, 1.165) is 27.0 Å². The fraction of sp³-hybridized carbons (Fsp3) is 0.250. The van der Waals surface area contributed by atoms with E-state index in [9.17, 15) is 4.79 Å². The number of nitrogens with zero attached hydrogens (tertiary/aromatic N) is 3. The van der Waals surface area contributed by atoms with Gasteiger partial charge in [0.1, 0.15) is 0 Å². The number of amides is 1. The van der Waals surface area contributed by atoms with Crippen LogP contribution >= 0.6 is 22.7 Å². The van der Waals surface area contributed by atoms with E-state index in [1.54, 1.807) is 28.9 Å². The Morgan fingerprint density at radius 3 is 2.85 bits per heavy atom. The molecule has 3 heterocycles. The minimum absolute atomic E-state index is 0.0566. The molecular weight excluding hydrogens is 376 g/mol. The smallest absolute Gasteiger partial charge is 0.253 e. The van der Waals surface area contributed by atoms with Crippen molar-refractivity contribution in [1.29, 1.82) is 0 Å². The Hall–Kier alpha value is -2.51. The van der Waals surface area contributed by atoms with E-state index in [4.69, 9.17) is 0 Å². The summed E-state index contributed by atoms with van der Waals surface area (Å²) in [7, 11) is 0. The Morgan fingerprint density at radius 2 is 2.11 bits per heavy atom. The lowest BCUT2D eigenvalue weighted by atomic mass is 10.1. The van der Waals surface area contributed by atoms with E-state index in [1.165, 1.54) is 4.70 Å². The van der Waals surface area contributed by atoms with E-state index in [0.29, 0.717) is 12.1 Å². The first-order valence-corrected chi connectivity index (χ1v) is 10.5. The molecule has 4 aromatic rings. The second kappa shape index (κ2) is 7.25. The molecule has 1 atom stereocenters. The van der Waals surface area contributed by atoms with Gasteiger partial charge in [-0.05, 0) is 32.0 Å². The van der Waals surface area contributed by atoms with Crippen molar-refractivity contribution in [2.45, 2.75) is 26.7 Å². The Bertz CT molecular complexity index is 1060. The first-order chi connectivity index (χ1) is 13.0. The standard InChI is InChI=1S/C20H20N4OS2/c1-12(19-23-16-6-4-5-7-17(16)27-19)11-22-18(25)15-10-13(2)24(14(15)3)20-21-8-9-26-20/h4-10,12H,11H2,1-3H3,(H,22,25). The predicted molar refractivity (Wildman–Crippen MR) is 111 cm³/mol. The molecular formula is C20H20N4OS2. The molecule has 0 fully saturated rings. The Balaban J connectivity index is 1.49. The zero-order valence-electron chi connectivity index (χ0n) is 15.4. The number of aromatic nitrogens is 3. The molecule has 27 heavy (non-hydrogen) atoms. The van der Waals surface area contributed by atoms with E-state index >= 15 is 0 Å². The molecule has 5 nitrogen and oxygen atoms in total. The van der Waals surface area contributed by atoms with Gasteiger partial charge in [-0.3, -0.25) is 9.36 Å². The van der Waals surface area contributed by atoms with Crippen molar-refractivity contribution < 1.29 is 4.79 Å². The lowest BCUT2D eigenvalue weighted by Gasteiger charge is -2.10. The van der Waals surface area contributed by atoms with Crippen LogP contribution in [0.1, 0.15) is 39.6 Å². The highest BCUT2D eigenvalue weighted by Gasteiger charge is 2.19. The molecule has 138 valence electrons. The van der Waals surface area contributed by atoms with Gasteiger partial charge in [0.15, 0.2) is 5.13 Å². The average Bonchev–Trinajstić information content (AvgIpc) is 3.38. The lowest BCUT2D eigenvalue weighted by Crippen LogP contribution is -2.27. The minimum Gasteiger partial charge on any atom is -0.351 e. The normalized spacial score (nSPS) is 12.4. The van der Waals surface area contributed by atoms with Gasteiger partial charge in [0, 0.05) is 35.4 Å². The molecule has 0 saturated heterocycles. The number of para-hydroxylation sites is 1. The maximum atomic E-state index is 12.8. The van der Waals surface area contributed by atoms with Crippen LogP contribution in [0.4, 0.5) is 0 Å². The highest BCUT2D eigenvalue weighted by Crippen LogP contribution is 2.27. The van der Waals surface area contributed by atoms with Gasteiger partial charge in [-0.2, -0.15) is 0 Å². The summed E-state index contributed by atoms with van der Waals surface area (Å²) in [5, 5.41) is 6.93. The van der Waals surface area contributed by atoms with Crippen LogP contribution in [0.5, 0.6) is 0 Å².